The highest BCUT2D eigenvalue weighted by atomic mass is 16.4. The zero-order valence-corrected chi connectivity index (χ0v) is 11.9. The number of oxazole rings is 1. The fourth-order valence-electron chi connectivity index (χ4n) is 2.57. The van der Waals surface area contributed by atoms with Crippen LogP contribution in [-0.2, 0) is 6.54 Å². The van der Waals surface area contributed by atoms with Crippen molar-refractivity contribution in [2.75, 3.05) is 13.1 Å². The molecule has 1 fully saturated rings. The van der Waals surface area contributed by atoms with E-state index < -0.39 is 0 Å². The van der Waals surface area contributed by atoms with Crippen molar-refractivity contribution in [3.63, 3.8) is 0 Å². The van der Waals surface area contributed by atoms with Gasteiger partial charge in [0.15, 0.2) is 0 Å². The van der Waals surface area contributed by atoms with Gasteiger partial charge >= 0.3 is 0 Å². The Morgan fingerprint density at radius 2 is 2.33 bits per heavy atom. The summed E-state index contributed by atoms with van der Waals surface area (Å²) in [4.78, 5) is 6.83. The third-order valence-electron chi connectivity index (χ3n) is 3.85. The molecule has 0 saturated carbocycles. The van der Waals surface area contributed by atoms with Crippen LogP contribution in [0.4, 0.5) is 0 Å². The topological polar surface area (TPSA) is 41.3 Å². The minimum absolute atomic E-state index is 0.573. The predicted octanol–water partition coefficient (Wildman–Crippen LogP) is 2.19. The number of aromatic nitrogens is 1. The van der Waals surface area contributed by atoms with Crippen LogP contribution in [0.15, 0.2) is 10.6 Å². The van der Waals surface area contributed by atoms with E-state index in [2.05, 4.69) is 36.0 Å². The lowest BCUT2D eigenvalue weighted by atomic mass is 9.98. The van der Waals surface area contributed by atoms with Crippen molar-refractivity contribution < 1.29 is 4.42 Å². The molecule has 0 amide bonds. The fraction of sp³-hybridized carbons (Fsp3) is 0.786. The van der Waals surface area contributed by atoms with Gasteiger partial charge in [-0.05, 0) is 19.3 Å². The maximum Gasteiger partial charge on any atom is 0.208 e. The molecular formula is C14H25N3O. The molecule has 0 radical (unpaired) electrons. The molecule has 102 valence electrons. The second-order valence-corrected chi connectivity index (χ2v) is 5.61. The van der Waals surface area contributed by atoms with Gasteiger partial charge in [-0.3, -0.25) is 4.90 Å². The van der Waals surface area contributed by atoms with Crippen LogP contribution in [0, 0.1) is 12.8 Å². The van der Waals surface area contributed by atoms with Gasteiger partial charge < -0.3 is 9.73 Å². The van der Waals surface area contributed by atoms with Gasteiger partial charge in [-0.1, -0.05) is 20.8 Å². The summed E-state index contributed by atoms with van der Waals surface area (Å²) < 4.78 is 5.60. The molecule has 1 N–H and O–H groups in total. The van der Waals surface area contributed by atoms with Crippen LogP contribution in [0.5, 0.6) is 0 Å². The molecule has 1 saturated heterocycles. The van der Waals surface area contributed by atoms with Crippen molar-refractivity contribution in [3.8, 4) is 0 Å². The highest BCUT2D eigenvalue weighted by Gasteiger charge is 2.29. The first kappa shape index (κ1) is 13.6. The van der Waals surface area contributed by atoms with Crippen LogP contribution in [0.3, 0.4) is 0 Å². The lowest BCUT2D eigenvalue weighted by Gasteiger charge is -2.41. The van der Waals surface area contributed by atoms with Gasteiger partial charge in [0, 0.05) is 25.2 Å². The highest BCUT2D eigenvalue weighted by molar-refractivity contribution is 4.94. The highest BCUT2D eigenvalue weighted by Crippen LogP contribution is 2.17. The Balaban J connectivity index is 2.02. The zero-order valence-electron chi connectivity index (χ0n) is 11.9. The summed E-state index contributed by atoms with van der Waals surface area (Å²) in [5.41, 5.74) is 0. The summed E-state index contributed by atoms with van der Waals surface area (Å²) in [6.45, 7) is 11.7. The van der Waals surface area contributed by atoms with E-state index in [0.29, 0.717) is 18.0 Å². The van der Waals surface area contributed by atoms with Gasteiger partial charge in [0.1, 0.15) is 5.76 Å². The summed E-state index contributed by atoms with van der Waals surface area (Å²) in [7, 11) is 0. The molecule has 4 heteroatoms. The number of piperazine rings is 1. The molecule has 0 bridgehead atoms. The third-order valence-corrected chi connectivity index (χ3v) is 3.85. The summed E-state index contributed by atoms with van der Waals surface area (Å²) in [5, 5.41) is 3.65. The first-order valence-electron chi connectivity index (χ1n) is 6.99. The van der Waals surface area contributed by atoms with Crippen molar-refractivity contribution in [2.24, 2.45) is 5.92 Å². The predicted molar refractivity (Wildman–Crippen MR) is 72.4 cm³/mol. The number of nitrogens with one attached hydrogen (secondary N) is 1. The zero-order chi connectivity index (χ0) is 13.1. The number of hydrogen-bond donors (Lipinski definition) is 1. The summed E-state index contributed by atoms with van der Waals surface area (Å²) in [5.74, 6) is 2.40. The van der Waals surface area contributed by atoms with E-state index in [1.165, 1.54) is 0 Å². The van der Waals surface area contributed by atoms with Crippen molar-refractivity contribution >= 4 is 0 Å². The van der Waals surface area contributed by atoms with Crippen molar-refractivity contribution in [2.45, 2.75) is 52.7 Å². The van der Waals surface area contributed by atoms with Gasteiger partial charge in [0.25, 0.3) is 0 Å². The maximum absolute atomic E-state index is 5.60. The third kappa shape index (κ3) is 3.12. The Kier molecular flexibility index (Phi) is 4.40. The fourth-order valence-corrected chi connectivity index (χ4v) is 2.57. The van der Waals surface area contributed by atoms with Gasteiger partial charge in [-0.2, -0.15) is 0 Å². The van der Waals surface area contributed by atoms with E-state index in [0.717, 1.165) is 37.7 Å². The smallest absolute Gasteiger partial charge is 0.208 e. The lowest BCUT2D eigenvalue weighted by Crippen LogP contribution is -2.57. The van der Waals surface area contributed by atoms with E-state index in [4.69, 9.17) is 4.42 Å². The Hall–Kier alpha value is -0.870. The van der Waals surface area contributed by atoms with Crippen LogP contribution in [0.2, 0.25) is 0 Å². The molecule has 1 aliphatic rings. The van der Waals surface area contributed by atoms with E-state index >= 15 is 0 Å². The molecule has 4 nitrogen and oxygen atoms in total. The van der Waals surface area contributed by atoms with Gasteiger partial charge in [-0.15, -0.1) is 0 Å². The molecule has 1 aromatic heterocycles. The van der Waals surface area contributed by atoms with Crippen molar-refractivity contribution in [3.05, 3.63) is 17.8 Å². The van der Waals surface area contributed by atoms with E-state index in [-0.39, 0.29) is 0 Å². The van der Waals surface area contributed by atoms with Gasteiger partial charge in [-0.25, -0.2) is 4.98 Å². The normalized spacial score (nSPS) is 25.8. The number of hydrogen-bond acceptors (Lipinski definition) is 4. The quantitative estimate of drug-likeness (QED) is 0.890. The Bertz CT molecular complexity index is 375. The molecule has 18 heavy (non-hydrogen) atoms. The minimum atomic E-state index is 0.573. The molecule has 2 heterocycles. The van der Waals surface area contributed by atoms with Crippen molar-refractivity contribution in [1.29, 1.82) is 0 Å². The second kappa shape index (κ2) is 5.85. The SMILES string of the molecule is CCC1CNC(C(C)C)CN1Cc1ncc(C)o1. The molecule has 2 atom stereocenters. The van der Waals surface area contributed by atoms with Crippen LogP contribution >= 0.6 is 0 Å². The summed E-state index contributed by atoms with van der Waals surface area (Å²) >= 11 is 0. The van der Waals surface area contributed by atoms with E-state index in [9.17, 15) is 0 Å². The molecule has 0 spiro atoms. The first-order valence-corrected chi connectivity index (χ1v) is 6.99. The van der Waals surface area contributed by atoms with Crippen LogP contribution < -0.4 is 5.32 Å². The molecule has 0 aromatic carbocycles. The average Bonchev–Trinajstić information content (AvgIpc) is 2.74. The van der Waals surface area contributed by atoms with E-state index in [1.54, 1.807) is 6.20 Å². The number of nitrogens with zero attached hydrogens (tertiary/aromatic N) is 2. The largest absolute Gasteiger partial charge is 0.445 e. The van der Waals surface area contributed by atoms with Gasteiger partial charge in [0.2, 0.25) is 5.89 Å². The standard InChI is InChI=1S/C14H25N3O/c1-5-12-7-15-13(10(2)3)8-17(12)9-14-16-6-11(4)18-14/h6,10,12-13,15H,5,7-9H2,1-4H3. The van der Waals surface area contributed by atoms with E-state index in [1.807, 2.05) is 6.92 Å². The minimum Gasteiger partial charge on any atom is -0.445 e. The average molecular weight is 251 g/mol. The number of aryl methyl sites for hydroxylation is 1. The lowest BCUT2D eigenvalue weighted by molar-refractivity contribution is 0.0938. The van der Waals surface area contributed by atoms with Crippen molar-refractivity contribution in [1.82, 2.24) is 15.2 Å². The monoisotopic (exact) mass is 251 g/mol. The Morgan fingerprint density at radius 1 is 1.56 bits per heavy atom. The first-order chi connectivity index (χ1) is 8.60. The van der Waals surface area contributed by atoms with Gasteiger partial charge in [0.05, 0.1) is 12.7 Å². The van der Waals surface area contributed by atoms with Crippen LogP contribution in [-0.4, -0.2) is 35.1 Å². The Labute approximate surface area is 110 Å². The summed E-state index contributed by atoms with van der Waals surface area (Å²) in [6, 6.07) is 1.16. The molecule has 0 aliphatic carbocycles. The molecular weight excluding hydrogens is 226 g/mol. The summed E-state index contributed by atoms with van der Waals surface area (Å²) in [6.07, 6.45) is 2.97. The molecule has 2 rings (SSSR count). The molecule has 1 aromatic rings. The van der Waals surface area contributed by atoms with Crippen LogP contribution in [0.1, 0.15) is 38.8 Å². The van der Waals surface area contributed by atoms with Crippen LogP contribution in [0.25, 0.3) is 0 Å². The molecule has 2 unspecified atom stereocenters. The number of rotatable bonds is 4. The Morgan fingerprint density at radius 3 is 2.89 bits per heavy atom. The second-order valence-electron chi connectivity index (χ2n) is 5.61. The molecule has 1 aliphatic heterocycles. The maximum atomic E-state index is 5.60.